The van der Waals surface area contributed by atoms with Gasteiger partial charge < -0.3 is 10.2 Å². The summed E-state index contributed by atoms with van der Waals surface area (Å²) >= 11 is 5.30. The summed E-state index contributed by atoms with van der Waals surface area (Å²) in [5, 5.41) is 5.72. The Morgan fingerprint density at radius 1 is 1.15 bits per heavy atom. The highest BCUT2D eigenvalue weighted by molar-refractivity contribution is 9.10. The summed E-state index contributed by atoms with van der Waals surface area (Å²) in [5.74, 6) is 0. The molecule has 2 heterocycles. The number of para-hydroxylation sites is 2. The second-order valence-electron chi connectivity index (χ2n) is 5.15. The van der Waals surface area contributed by atoms with Crippen LogP contribution in [0.2, 0.25) is 0 Å². The van der Waals surface area contributed by atoms with Gasteiger partial charge in [-0.1, -0.05) is 12.1 Å². The molecule has 0 saturated carbocycles. The number of hydrogen-bond acceptors (Lipinski definition) is 3. The molecule has 1 aromatic carbocycles. The SMILES string of the molecule is Brc1csc(CNc2ccccc2N2CCCCC2)c1. The van der Waals surface area contributed by atoms with Crippen molar-refractivity contribution in [3.63, 3.8) is 0 Å². The van der Waals surface area contributed by atoms with Crippen LogP contribution >= 0.6 is 27.3 Å². The zero-order valence-corrected chi connectivity index (χ0v) is 13.8. The maximum atomic E-state index is 3.59. The molecular weight excluding hydrogens is 332 g/mol. The lowest BCUT2D eigenvalue weighted by Gasteiger charge is -2.30. The lowest BCUT2D eigenvalue weighted by atomic mass is 10.1. The van der Waals surface area contributed by atoms with Crippen molar-refractivity contribution in [1.82, 2.24) is 0 Å². The van der Waals surface area contributed by atoms with Crippen LogP contribution in [0.15, 0.2) is 40.2 Å². The molecule has 1 aliphatic heterocycles. The molecule has 2 aromatic rings. The minimum Gasteiger partial charge on any atom is -0.378 e. The smallest absolute Gasteiger partial charge is 0.0602 e. The highest BCUT2D eigenvalue weighted by Crippen LogP contribution is 2.29. The molecule has 0 spiro atoms. The first-order valence-electron chi connectivity index (χ1n) is 7.14. The molecule has 3 rings (SSSR count). The largest absolute Gasteiger partial charge is 0.378 e. The Balaban J connectivity index is 1.72. The zero-order valence-electron chi connectivity index (χ0n) is 11.4. The van der Waals surface area contributed by atoms with Gasteiger partial charge in [-0.25, -0.2) is 0 Å². The van der Waals surface area contributed by atoms with E-state index in [9.17, 15) is 0 Å². The molecule has 2 nitrogen and oxygen atoms in total. The van der Waals surface area contributed by atoms with E-state index in [0.29, 0.717) is 0 Å². The summed E-state index contributed by atoms with van der Waals surface area (Å²) in [6, 6.07) is 10.8. The second-order valence-corrected chi connectivity index (χ2v) is 7.06. The number of nitrogens with one attached hydrogen (secondary N) is 1. The van der Waals surface area contributed by atoms with E-state index in [1.54, 1.807) is 11.3 Å². The van der Waals surface area contributed by atoms with E-state index in [1.165, 1.54) is 53.1 Å². The Morgan fingerprint density at radius 2 is 1.95 bits per heavy atom. The van der Waals surface area contributed by atoms with Gasteiger partial charge >= 0.3 is 0 Å². The average Bonchev–Trinajstić information content (AvgIpc) is 2.92. The van der Waals surface area contributed by atoms with Crippen LogP contribution in [-0.2, 0) is 6.54 Å². The van der Waals surface area contributed by atoms with Crippen LogP contribution in [0, 0.1) is 0 Å². The first kappa shape index (κ1) is 14.0. The van der Waals surface area contributed by atoms with Crippen molar-refractivity contribution in [2.75, 3.05) is 23.3 Å². The molecule has 0 atom stereocenters. The number of nitrogens with zero attached hydrogens (tertiary/aromatic N) is 1. The van der Waals surface area contributed by atoms with Crippen LogP contribution in [-0.4, -0.2) is 13.1 Å². The van der Waals surface area contributed by atoms with Gasteiger partial charge in [-0.15, -0.1) is 11.3 Å². The third-order valence-electron chi connectivity index (χ3n) is 3.68. The third kappa shape index (κ3) is 3.36. The van der Waals surface area contributed by atoms with Gasteiger partial charge in [0.2, 0.25) is 0 Å². The minimum absolute atomic E-state index is 0.890. The van der Waals surface area contributed by atoms with Crippen LogP contribution in [0.5, 0.6) is 0 Å². The Hall–Kier alpha value is -1.00. The molecule has 1 aromatic heterocycles. The Bertz CT molecular complexity index is 561. The van der Waals surface area contributed by atoms with E-state index in [-0.39, 0.29) is 0 Å². The second kappa shape index (κ2) is 6.64. The Kier molecular flexibility index (Phi) is 4.63. The highest BCUT2D eigenvalue weighted by atomic mass is 79.9. The summed E-state index contributed by atoms with van der Waals surface area (Å²) in [6.07, 6.45) is 3.99. The van der Waals surface area contributed by atoms with Crippen LogP contribution in [0.1, 0.15) is 24.1 Å². The monoisotopic (exact) mass is 350 g/mol. The van der Waals surface area contributed by atoms with Gasteiger partial charge in [-0.2, -0.15) is 0 Å². The first-order valence-corrected chi connectivity index (χ1v) is 8.81. The molecule has 0 amide bonds. The van der Waals surface area contributed by atoms with E-state index < -0.39 is 0 Å². The Labute approximate surface area is 132 Å². The predicted octanol–water partition coefficient (Wildman–Crippen LogP) is 5.11. The van der Waals surface area contributed by atoms with E-state index >= 15 is 0 Å². The van der Waals surface area contributed by atoms with Crippen molar-refractivity contribution in [2.45, 2.75) is 25.8 Å². The van der Waals surface area contributed by atoms with Crippen molar-refractivity contribution in [2.24, 2.45) is 0 Å². The fraction of sp³-hybridized carbons (Fsp3) is 0.375. The molecule has 0 unspecified atom stereocenters. The first-order chi connectivity index (χ1) is 9.83. The van der Waals surface area contributed by atoms with Gasteiger partial charge in [-0.3, -0.25) is 0 Å². The molecule has 0 aliphatic carbocycles. The summed E-state index contributed by atoms with van der Waals surface area (Å²) in [4.78, 5) is 3.86. The molecular formula is C16H19BrN2S. The molecule has 0 radical (unpaired) electrons. The van der Waals surface area contributed by atoms with Crippen molar-refractivity contribution >= 4 is 38.6 Å². The summed E-state index contributed by atoms with van der Waals surface area (Å²) in [5.41, 5.74) is 2.60. The van der Waals surface area contributed by atoms with E-state index in [1.807, 2.05) is 0 Å². The maximum absolute atomic E-state index is 3.59. The molecule has 106 valence electrons. The van der Waals surface area contributed by atoms with Gasteiger partial charge in [0.1, 0.15) is 0 Å². The van der Waals surface area contributed by atoms with Crippen molar-refractivity contribution in [1.29, 1.82) is 0 Å². The van der Waals surface area contributed by atoms with Crippen LogP contribution in [0.4, 0.5) is 11.4 Å². The maximum Gasteiger partial charge on any atom is 0.0602 e. The molecule has 20 heavy (non-hydrogen) atoms. The number of halogens is 1. The highest BCUT2D eigenvalue weighted by Gasteiger charge is 2.13. The minimum atomic E-state index is 0.890. The van der Waals surface area contributed by atoms with Crippen molar-refractivity contribution in [3.05, 3.63) is 45.1 Å². The molecule has 4 heteroatoms. The van der Waals surface area contributed by atoms with Gasteiger partial charge in [-0.05, 0) is 53.4 Å². The average molecular weight is 351 g/mol. The summed E-state index contributed by atoms with van der Waals surface area (Å²) < 4.78 is 1.17. The third-order valence-corrected chi connectivity index (χ3v) is 5.37. The van der Waals surface area contributed by atoms with Gasteiger partial charge in [0, 0.05) is 34.4 Å². The lowest BCUT2D eigenvalue weighted by Crippen LogP contribution is -2.30. The normalized spacial score (nSPS) is 15.3. The fourth-order valence-corrected chi connectivity index (χ4v) is 4.05. The van der Waals surface area contributed by atoms with Gasteiger partial charge in [0.05, 0.1) is 11.4 Å². The topological polar surface area (TPSA) is 15.3 Å². The quantitative estimate of drug-likeness (QED) is 0.823. The van der Waals surface area contributed by atoms with E-state index in [0.717, 1.165) is 6.54 Å². The van der Waals surface area contributed by atoms with Gasteiger partial charge in [0.25, 0.3) is 0 Å². The number of thiophene rings is 1. The molecule has 1 aliphatic rings. The van der Waals surface area contributed by atoms with Crippen LogP contribution in [0.3, 0.4) is 0 Å². The number of benzene rings is 1. The molecule has 1 fully saturated rings. The number of hydrogen-bond donors (Lipinski definition) is 1. The number of anilines is 2. The number of rotatable bonds is 4. The fourth-order valence-electron chi connectivity index (χ4n) is 2.66. The summed E-state index contributed by atoms with van der Waals surface area (Å²) in [6.45, 7) is 3.26. The summed E-state index contributed by atoms with van der Waals surface area (Å²) in [7, 11) is 0. The standard InChI is InChI=1S/C16H19BrN2S/c17-13-10-14(20-12-13)11-18-15-6-2-3-7-16(15)19-8-4-1-5-9-19/h2-3,6-7,10,12,18H,1,4-5,8-9,11H2. The lowest BCUT2D eigenvalue weighted by molar-refractivity contribution is 0.578. The zero-order chi connectivity index (χ0) is 13.8. The molecule has 0 bridgehead atoms. The van der Waals surface area contributed by atoms with Crippen LogP contribution < -0.4 is 10.2 Å². The molecule has 1 N–H and O–H groups in total. The molecule has 1 saturated heterocycles. The van der Waals surface area contributed by atoms with Crippen molar-refractivity contribution < 1.29 is 0 Å². The van der Waals surface area contributed by atoms with Crippen LogP contribution in [0.25, 0.3) is 0 Å². The number of piperidine rings is 1. The van der Waals surface area contributed by atoms with E-state index in [4.69, 9.17) is 0 Å². The Morgan fingerprint density at radius 3 is 2.70 bits per heavy atom. The predicted molar refractivity (Wildman–Crippen MR) is 91.9 cm³/mol. The van der Waals surface area contributed by atoms with Gasteiger partial charge in [0.15, 0.2) is 0 Å². The van der Waals surface area contributed by atoms with Crippen molar-refractivity contribution in [3.8, 4) is 0 Å². The van der Waals surface area contributed by atoms with E-state index in [2.05, 4.69) is 61.9 Å².